The highest BCUT2D eigenvalue weighted by molar-refractivity contribution is 5.85. The molecular weight excluding hydrogens is 131 g/mol. The first-order valence-corrected chi connectivity index (χ1v) is 1.70. The normalized spacial score (nSPS) is 6.00. The van der Waals surface area contributed by atoms with E-state index in [1.165, 1.54) is 6.33 Å². The lowest BCUT2D eigenvalue weighted by Gasteiger charge is -1.70. The molecule has 0 spiro atoms. The molecule has 0 atom stereocenters. The summed E-state index contributed by atoms with van der Waals surface area (Å²) in [6, 6.07) is 1.78. The Bertz CT molecular complexity index is 86.0. The van der Waals surface area contributed by atoms with Crippen LogP contribution in [0.5, 0.6) is 0 Å². The second-order valence-electron chi connectivity index (χ2n) is 0.904. The highest BCUT2D eigenvalue weighted by Gasteiger charge is 1.59. The van der Waals surface area contributed by atoms with Crippen LogP contribution < -0.4 is 0 Å². The maximum atomic E-state index is 3.67. The molecule has 1 rings (SSSR count). The third-order valence-electron chi connectivity index (χ3n) is 0.478. The maximum absolute atomic E-state index is 3.67. The summed E-state index contributed by atoms with van der Waals surface area (Å²) < 4.78 is 0. The van der Waals surface area contributed by atoms with E-state index in [0.717, 1.165) is 0 Å². The lowest BCUT2D eigenvalue weighted by atomic mass is 10.7. The first kappa shape index (κ1) is 10.3. The smallest absolute Gasteiger partial charge is 0.115 e. The lowest BCUT2D eigenvalue weighted by Crippen LogP contribution is -1.66. The Labute approximate surface area is 52.8 Å². The van der Waals surface area contributed by atoms with Crippen molar-refractivity contribution in [2.24, 2.45) is 0 Å². The van der Waals surface area contributed by atoms with E-state index in [0.29, 0.717) is 0 Å². The van der Waals surface area contributed by atoms with Crippen molar-refractivity contribution in [3.63, 3.8) is 0 Å². The van der Waals surface area contributed by atoms with E-state index >= 15 is 0 Å². The van der Waals surface area contributed by atoms with Crippen molar-refractivity contribution >= 4 is 12.4 Å². The SMILES string of the molecule is Cl.F.c1cncnc1. The Morgan fingerprint density at radius 3 is 1.62 bits per heavy atom. The van der Waals surface area contributed by atoms with Gasteiger partial charge >= 0.3 is 0 Å². The average Bonchev–Trinajstić information content (AvgIpc) is 1.72. The molecule has 1 heterocycles. The summed E-state index contributed by atoms with van der Waals surface area (Å²) in [5, 5.41) is 0. The van der Waals surface area contributed by atoms with Gasteiger partial charge in [-0.05, 0) is 6.07 Å². The van der Waals surface area contributed by atoms with Crippen LogP contribution in [0.25, 0.3) is 0 Å². The van der Waals surface area contributed by atoms with Gasteiger partial charge < -0.3 is 0 Å². The minimum Gasteiger partial charge on any atom is -0.269 e. The van der Waals surface area contributed by atoms with Crippen LogP contribution in [0.2, 0.25) is 0 Å². The first-order valence-electron chi connectivity index (χ1n) is 1.70. The van der Waals surface area contributed by atoms with E-state index in [9.17, 15) is 0 Å². The molecular formula is C4H6ClFN2. The Hall–Kier alpha value is -0.700. The third kappa shape index (κ3) is 3.49. The van der Waals surface area contributed by atoms with E-state index < -0.39 is 0 Å². The van der Waals surface area contributed by atoms with Crippen molar-refractivity contribution < 1.29 is 4.70 Å². The van der Waals surface area contributed by atoms with Crippen molar-refractivity contribution in [3.05, 3.63) is 24.8 Å². The first-order chi connectivity index (χ1) is 3.00. The molecule has 0 aliphatic rings. The molecule has 0 amide bonds. The van der Waals surface area contributed by atoms with Crippen LogP contribution in [0.4, 0.5) is 4.70 Å². The van der Waals surface area contributed by atoms with Gasteiger partial charge in [0.2, 0.25) is 0 Å². The topological polar surface area (TPSA) is 25.8 Å². The molecule has 0 aromatic carbocycles. The second kappa shape index (κ2) is 6.30. The predicted molar refractivity (Wildman–Crippen MR) is 31.8 cm³/mol. The Balaban J connectivity index is 0. The fraction of sp³-hybridized carbons (Fsp3) is 0. The van der Waals surface area contributed by atoms with E-state index in [-0.39, 0.29) is 17.1 Å². The second-order valence-corrected chi connectivity index (χ2v) is 0.904. The monoisotopic (exact) mass is 136 g/mol. The summed E-state index contributed by atoms with van der Waals surface area (Å²) >= 11 is 0. The zero-order chi connectivity index (χ0) is 4.24. The van der Waals surface area contributed by atoms with Crippen LogP contribution in [0.15, 0.2) is 24.8 Å². The van der Waals surface area contributed by atoms with Crippen molar-refractivity contribution in [1.82, 2.24) is 9.97 Å². The number of rotatable bonds is 0. The minimum absolute atomic E-state index is 0. The highest BCUT2D eigenvalue weighted by Crippen LogP contribution is 1.66. The van der Waals surface area contributed by atoms with Crippen molar-refractivity contribution in [2.45, 2.75) is 0 Å². The van der Waals surface area contributed by atoms with Crippen molar-refractivity contribution in [3.8, 4) is 0 Å². The summed E-state index contributed by atoms with van der Waals surface area (Å²) in [4.78, 5) is 7.35. The molecule has 0 bridgehead atoms. The van der Waals surface area contributed by atoms with Crippen LogP contribution in [-0.2, 0) is 0 Å². The molecule has 0 N–H and O–H groups in total. The van der Waals surface area contributed by atoms with E-state index in [1.54, 1.807) is 18.5 Å². The molecule has 8 heavy (non-hydrogen) atoms. The molecule has 2 nitrogen and oxygen atoms in total. The maximum Gasteiger partial charge on any atom is 0.115 e. The fourth-order valence-electron chi connectivity index (χ4n) is 0.253. The lowest BCUT2D eigenvalue weighted by molar-refractivity contribution is 1.11. The van der Waals surface area contributed by atoms with Gasteiger partial charge in [0.15, 0.2) is 0 Å². The van der Waals surface area contributed by atoms with Gasteiger partial charge in [0, 0.05) is 12.4 Å². The van der Waals surface area contributed by atoms with Crippen molar-refractivity contribution in [1.29, 1.82) is 0 Å². The quantitative estimate of drug-likeness (QED) is 0.533. The average molecular weight is 137 g/mol. The van der Waals surface area contributed by atoms with Gasteiger partial charge in [0.1, 0.15) is 6.33 Å². The highest BCUT2D eigenvalue weighted by atomic mass is 35.5. The summed E-state index contributed by atoms with van der Waals surface area (Å²) in [6.07, 6.45) is 4.88. The van der Waals surface area contributed by atoms with Gasteiger partial charge in [-0.25, -0.2) is 9.97 Å². The minimum atomic E-state index is 0. The van der Waals surface area contributed by atoms with Crippen LogP contribution >= 0.6 is 12.4 Å². The largest absolute Gasteiger partial charge is 0.269 e. The molecule has 46 valence electrons. The number of aromatic nitrogens is 2. The zero-order valence-corrected chi connectivity index (χ0v) is 4.84. The van der Waals surface area contributed by atoms with Gasteiger partial charge in [0.05, 0.1) is 0 Å². The predicted octanol–water partition coefficient (Wildman–Crippen LogP) is 1.05. The number of halogens is 2. The molecule has 0 unspecified atom stereocenters. The summed E-state index contributed by atoms with van der Waals surface area (Å²) in [5.41, 5.74) is 0. The van der Waals surface area contributed by atoms with E-state index in [1.807, 2.05) is 0 Å². The molecule has 0 fully saturated rings. The third-order valence-corrected chi connectivity index (χ3v) is 0.478. The molecule has 0 aliphatic heterocycles. The molecule has 0 saturated carbocycles. The zero-order valence-electron chi connectivity index (χ0n) is 4.02. The number of hydrogen-bond acceptors (Lipinski definition) is 2. The van der Waals surface area contributed by atoms with Crippen molar-refractivity contribution in [2.75, 3.05) is 0 Å². The van der Waals surface area contributed by atoms with Gasteiger partial charge in [-0.2, -0.15) is 0 Å². The number of nitrogens with zero attached hydrogens (tertiary/aromatic N) is 2. The van der Waals surface area contributed by atoms with Gasteiger partial charge in [-0.1, -0.05) is 0 Å². The summed E-state index contributed by atoms with van der Waals surface area (Å²) in [5.74, 6) is 0. The standard InChI is InChI=1S/C4H4N2.ClH.FH/c1-2-5-4-6-3-1;;/h1-4H;2*1H. The van der Waals surface area contributed by atoms with Crippen LogP contribution in [0, 0.1) is 0 Å². The summed E-state index contributed by atoms with van der Waals surface area (Å²) in [7, 11) is 0. The van der Waals surface area contributed by atoms with E-state index in [2.05, 4.69) is 9.97 Å². The fourth-order valence-corrected chi connectivity index (χ4v) is 0.253. The Morgan fingerprint density at radius 2 is 1.50 bits per heavy atom. The molecule has 1 aromatic heterocycles. The molecule has 1 aromatic rings. The van der Waals surface area contributed by atoms with Crippen LogP contribution in [-0.4, -0.2) is 9.97 Å². The Kier molecular flexibility index (Phi) is 8.12. The van der Waals surface area contributed by atoms with Gasteiger partial charge in [0.25, 0.3) is 0 Å². The van der Waals surface area contributed by atoms with Crippen LogP contribution in [0.1, 0.15) is 0 Å². The Morgan fingerprint density at radius 1 is 1.00 bits per heavy atom. The molecule has 0 aliphatic carbocycles. The number of hydrogen-bond donors (Lipinski definition) is 0. The molecule has 4 heteroatoms. The van der Waals surface area contributed by atoms with Gasteiger partial charge in [-0.15, -0.1) is 12.4 Å². The van der Waals surface area contributed by atoms with E-state index in [4.69, 9.17) is 0 Å². The molecule has 0 saturated heterocycles. The van der Waals surface area contributed by atoms with Crippen LogP contribution in [0.3, 0.4) is 0 Å². The molecule has 0 radical (unpaired) electrons. The van der Waals surface area contributed by atoms with Gasteiger partial charge in [-0.3, -0.25) is 4.70 Å². The summed E-state index contributed by atoms with van der Waals surface area (Å²) in [6.45, 7) is 0.